The summed E-state index contributed by atoms with van der Waals surface area (Å²) in [6, 6.07) is 6.81. The summed E-state index contributed by atoms with van der Waals surface area (Å²) < 4.78 is 5.20. The van der Waals surface area contributed by atoms with E-state index in [2.05, 4.69) is 11.4 Å². The van der Waals surface area contributed by atoms with Crippen LogP contribution in [-0.2, 0) is 22.4 Å². The number of aryl methyl sites for hydroxylation is 2. The Bertz CT molecular complexity index is 958. The number of hydrogen-bond acceptors (Lipinski definition) is 6. The van der Waals surface area contributed by atoms with E-state index in [9.17, 15) is 20.0 Å². The van der Waals surface area contributed by atoms with Gasteiger partial charge in [0.15, 0.2) is 6.10 Å². The third-order valence-corrected chi connectivity index (χ3v) is 6.00. The summed E-state index contributed by atoms with van der Waals surface area (Å²) in [5.74, 6) is -1.47. The molecule has 1 amide bonds. The van der Waals surface area contributed by atoms with Crippen molar-refractivity contribution < 1.29 is 19.4 Å². The molecule has 1 heterocycles. The lowest BCUT2D eigenvalue weighted by molar-refractivity contribution is -0.123. The van der Waals surface area contributed by atoms with Crippen LogP contribution in [0.15, 0.2) is 18.2 Å². The van der Waals surface area contributed by atoms with E-state index in [1.165, 1.54) is 30.4 Å². The van der Waals surface area contributed by atoms with E-state index in [-0.39, 0.29) is 11.3 Å². The number of nitrogens with one attached hydrogen (secondary N) is 1. The Hall–Kier alpha value is -2.85. The predicted molar refractivity (Wildman–Crippen MR) is 107 cm³/mol. The van der Waals surface area contributed by atoms with Crippen LogP contribution in [-0.4, -0.2) is 23.1 Å². The van der Waals surface area contributed by atoms with Crippen LogP contribution in [0.25, 0.3) is 0 Å². The zero-order valence-corrected chi connectivity index (χ0v) is 16.7. The molecular weight excluding hydrogens is 376 g/mol. The van der Waals surface area contributed by atoms with Gasteiger partial charge in [0.25, 0.3) is 5.91 Å². The lowest BCUT2D eigenvalue weighted by Crippen LogP contribution is -2.30. The van der Waals surface area contributed by atoms with E-state index in [1.807, 2.05) is 0 Å². The number of benzene rings is 1. The van der Waals surface area contributed by atoms with Crippen LogP contribution in [0.4, 0.5) is 5.00 Å². The van der Waals surface area contributed by atoms with Gasteiger partial charge in [0.05, 0.1) is 5.56 Å². The smallest absolute Gasteiger partial charge is 0.342 e. The Balaban J connectivity index is 1.71. The molecule has 0 spiro atoms. The minimum Gasteiger partial charge on any atom is -0.507 e. The first-order valence-corrected chi connectivity index (χ1v) is 10.1. The average Bonchev–Trinajstić information content (AvgIpc) is 2.81. The Morgan fingerprint density at radius 3 is 2.75 bits per heavy atom. The van der Waals surface area contributed by atoms with E-state index in [1.54, 1.807) is 13.0 Å². The molecule has 0 aliphatic heterocycles. The van der Waals surface area contributed by atoms with Crippen molar-refractivity contribution in [3.05, 3.63) is 45.3 Å². The molecule has 1 atom stereocenters. The van der Waals surface area contributed by atoms with Crippen molar-refractivity contribution in [2.75, 3.05) is 5.32 Å². The minimum atomic E-state index is -1.07. The monoisotopic (exact) mass is 398 g/mol. The fourth-order valence-corrected chi connectivity index (χ4v) is 4.50. The molecule has 6 nitrogen and oxygen atoms in total. The Labute approximate surface area is 167 Å². The maximum absolute atomic E-state index is 12.5. The Morgan fingerprint density at radius 1 is 1.29 bits per heavy atom. The van der Waals surface area contributed by atoms with Crippen molar-refractivity contribution in [2.45, 2.75) is 52.1 Å². The quantitative estimate of drug-likeness (QED) is 0.597. The summed E-state index contributed by atoms with van der Waals surface area (Å²) in [6.45, 7) is 3.25. The summed E-state index contributed by atoms with van der Waals surface area (Å²) in [7, 11) is 0. The second kappa shape index (κ2) is 8.44. The second-order valence-corrected chi connectivity index (χ2v) is 8.04. The Kier molecular flexibility index (Phi) is 6.00. The lowest BCUT2D eigenvalue weighted by atomic mass is 10.1. The van der Waals surface area contributed by atoms with Crippen LogP contribution in [0.3, 0.4) is 0 Å². The molecule has 0 fully saturated rings. The van der Waals surface area contributed by atoms with E-state index in [0.717, 1.165) is 48.1 Å². The third-order valence-electron chi connectivity index (χ3n) is 4.80. The zero-order chi connectivity index (χ0) is 20.3. The van der Waals surface area contributed by atoms with E-state index in [4.69, 9.17) is 4.74 Å². The number of carbonyl (C=O) groups is 2. The molecule has 0 unspecified atom stereocenters. The molecule has 1 aliphatic carbocycles. The summed E-state index contributed by atoms with van der Waals surface area (Å²) >= 11 is 1.43. The fraction of sp³-hybridized carbons (Fsp3) is 0.381. The van der Waals surface area contributed by atoms with Crippen molar-refractivity contribution in [1.29, 1.82) is 5.26 Å². The van der Waals surface area contributed by atoms with Crippen LogP contribution < -0.4 is 5.32 Å². The molecule has 2 aromatic rings. The van der Waals surface area contributed by atoms with Gasteiger partial charge in [-0.05, 0) is 62.8 Å². The molecule has 28 heavy (non-hydrogen) atoms. The van der Waals surface area contributed by atoms with Gasteiger partial charge >= 0.3 is 5.97 Å². The fourth-order valence-electron chi connectivity index (χ4n) is 3.25. The highest BCUT2D eigenvalue weighted by Gasteiger charge is 2.25. The molecule has 1 aliphatic rings. The molecule has 2 N–H and O–H groups in total. The molecule has 7 heteroatoms. The van der Waals surface area contributed by atoms with Gasteiger partial charge in [-0.3, -0.25) is 4.79 Å². The number of phenolic OH excluding ortho intramolecular Hbond substituents is 1. The standard InChI is InChI=1S/C21H22N2O4S/c1-12-8-9-15(17(24)10-12)21(26)27-13(2)19(25)23-20-16(11-22)14-6-4-3-5-7-18(14)28-20/h8-10,13,24H,3-7H2,1-2H3,(H,23,25)/t13-/m0/s1. The predicted octanol–water partition coefficient (Wildman–Crippen LogP) is 4.09. The normalized spacial score (nSPS) is 14.3. The minimum absolute atomic E-state index is 0.00537. The molecule has 0 saturated carbocycles. The first-order chi connectivity index (χ1) is 13.4. The number of esters is 1. The maximum atomic E-state index is 12.5. The van der Waals surface area contributed by atoms with Crippen LogP contribution in [0.1, 0.15) is 58.1 Å². The molecule has 0 radical (unpaired) electrons. The highest BCUT2D eigenvalue weighted by atomic mass is 32.1. The average molecular weight is 398 g/mol. The van der Waals surface area contributed by atoms with Gasteiger partial charge in [0.1, 0.15) is 22.4 Å². The number of aromatic hydroxyl groups is 1. The number of fused-ring (bicyclic) bond motifs is 1. The molecule has 0 bridgehead atoms. The Morgan fingerprint density at radius 2 is 2.04 bits per heavy atom. The lowest BCUT2D eigenvalue weighted by Gasteiger charge is -2.14. The van der Waals surface area contributed by atoms with Gasteiger partial charge in [-0.1, -0.05) is 12.5 Å². The second-order valence-electron chi connectivity index (χ2n) is 6.94. The van der Waals surface area contributed by atoms with E-state index >= 15 is 0 Å². The van der Waals surface area contributed by atoms with Crippen molar-refractivity contribution >= 4 is 28.2 Å². The van der Waals surface area contributed by atoms with Gasteiger partial charge in [-0.15, -0.1) is 11.3 Å². The maximum Gasteiger partial charge on any atom is 0.342 e. The summed E-state index contributed by atoms with van der Waals surface area (Å²) in [5.41, 5.74) is 2.37. The van der Waals surface area contributed by atoms with Gasteiger partial charge in [-0.2, -0.15) is 5.26 Å². The summed E-state index contributed by atoms with van der Waals surface area (Å²) in [4.78, 5) is 25.9. The number of amides is 1. The van der Waals surface area contributed by atoms with Gasteiger partial charge < -0.3 is 15.2 Å². The molecule has 0 saturated heterocycles. The van der Waals surface area contributed by atoms with E-state index < -0.39 is 18.0 Å². The number of carbonyl (C=O) groups excluding carboxylic acids is 2. The van der Waals surface area contributed by atoms with Gasteiger partial charge in [-0.25, -0.2) is 4.79 Å². The summed E-state index contributed by atoms with van der Waals surface area (Å²) in [5, 5.41) is 22.7. The van der Waals surface area contributed by atoms with Crippen LogP contribution in [0, 0.1) is 18.3 Å². The van der Waals surface area contributed by atoms with Gasteiger partial charge in [0.2, 0.25) is 0 Å². The topological polar surface area (TPSA) is 99.4 Å². The number of nitrogens with zero attached hydrogens (tertiary/aromatic N) is 1. The largest absolute Gasteiger partial charge is 0.507 e. The van der Waals surface area contributed by atoms with Gasteiger partial charge in [0, 0.05) is 4.88 Å². The highest BCUT2D eigenvalue weighted by molar-refractivity contribution is 7.16. The van der Waals surface area contributed by atoms with E-state index in [0.29, 0.717) is 10.6 Å². The SMILES string of the molecule is Cc1ccc(C(=O)O[C@@H](C)C(=O)Nc2sc3c(c2C#N)CCCCC3)c(O)c1. The molecule has 3 rings (SSSR count). The van der Waals surface area contributed by atoms with Crippen LogP contribution in [0.2, 0.25) is 0 Å². The first-order valence-electron chi connectivity index (χ1n) is 9.26. The molecule has 146 valence electrons. The zero-order valence-electron chi connectivity index (χ0n) is 15.9. The molecule has 1 aromatic heterocycles. The molecule has 1 aromatic carbocycles. The highest BCUT2D eigenvalue weighted by Crippen LogP contribution is 2.37. The van der Waals surface area contributed by atoms with Crippen LogP contribution >= 0.6 is 11.3 Å². The van der Waals surface area contributed by atoms with Crippen molar-refractivity contribution in [3.63, 3.8) is 0 Å². The van der Waals surface area contributed by atoms with Crippen LogP contribution in [0.5, 0.6) is 5.75 Å². The summed E-state index contributed by atoms with van der Waals surface area (Å²) in [6.07, 6.45) is 3.97. The first kappa shape index (κ1) is 19.9. The third kappa shape index (κ3) is 4.18. The van der Waals surface area contributed by atoms with Crippen molar-refractivity contribution in [2.24, 2.45) is 0 Å². The molecular formula is C21H22N2O4S. The van der Waals surface area contributed by atoms with Crippen molar-refractivity contribution in [3.8, 4) is 11.8 Å². The number of phenols is 1. The number of nitriles is 1. The number of anilines is 1. The number of ether oxygens (including phenoxy) is 1. The van der Waals surface area contributed by atoms with Crippen molar-refractivity contribution in [1.82, 2.24) is 0 Å². The number of rotatable bonds is 4. The number of hydrogen-bond donors (Lipinski definition) is 2. The number of thiophene rings is 1.